The van der Waals surface area contributed by atoms with Crippen molar-refractivity contribution in [1.82, 2.24) is 0 Å². The van der Waals surface area contributed by atoms with Crippen molar-refractivity contribution in [3.63, 3.8) is 0 Å². The Balaban J connectivity index is 2.99. The minimum absolute atomic E-state index is 0.580. The van der Waals surface area contributed by atoms with Gasteiger partial charge >= 0.3 is 0 Å². The first-order chi connectivity index (χ1) is 5.52. The molecular weight excluding hydrogens is 152 g/mol. The molecule has 0 heterocycles. The van der Waals surface area contributed by atoms with Crippen molar-refractivity contribution in [2.75, 3.05) is 0 Å². The van der Waals surface area contributed by atoms with Gasteiger partial charge in [-0.1, -0.05) is 24.3 Å². The van der Waals surface area contributed by atoms with Gasteiger partial charge in [0.2, 0.25) is 0 Å². The number of rotatable bonds is 2. The predicted octanol–water partition coefficient (Wildman–Crippen LogP) is 1.46. The molecule has 0 amide bonds. The van der Waals surface area contributed by atoms with Crippen LogP contribution in [-0.4, -0.2) is 17.0 Å². The van der Waals surface area contributed by atoms with Crippen LogP contribution in [-0.2, 0) is 4.79 Å². The lowest BCUT2D eigenvalue weighted by Gasteiger charge is -2.36. The highest BCUT2D eigenvalue weighted by Gasteiger charge is 2.41. The molecule has 0 spiro atoms. The molecule has 0 bridgehead atoms. The van der Waals surface area contributed by atoms with Crippen LogP contribution in [0, 0.1) is 5.41 Å². The first-order valence-electron chi connectivity index (χ1n) is 4.05. The van der Waals surface area contributed by atoms with Gasteiger partial charge in [0.25, 0.3) is 0 Å². The fraction of sp³-hybridized carbons (Fsp3) is 0.500. The van der Waals surface area contributed by atoms with Gasteiger partial charge in [-0.05, 0) is 20.3 Å². The number of carbonyl (C=O) groups excluding carboxylic acids is 1. The third kappa shape index (κ3) is 1.34. The van der Waals surface area contributed by atoms with E-state index in [1.165, 1.54) is 0 Å². The monoisotopic (exact) mass is 166 g/mol. The maximum atomic E-state index is 10.9. The zero-order valence-electron chi connectivity index (χ0n) is 7.45. The summed E-state index contributed by atoms with van der Waals surface area (Å²) in [6.07, 6.45) is 8.75. The molecule has 0 radical (unpaired) electrons. The molecule has 0 aliphatic heterocycles. The van der Waals surface area contributed by atoms with Gasteiger partial charge in [-0.15, -0.1) is 0 Å². The van der Waals surface area contributed by atoms with E-state index in [0.29, 0.717) is 6.42 Å². The Hall–Kier alpha value is -0.890. The van der Waals surface area contributed by atoms with Gasteiger partial charge in [-0.25, -0.2) is 0 Å². The Morgan fingerprint density at radius 2 is 2.17 bits per heavy atom. The van der Waals surface area contributed by atoms with E-state index in [1.807, 2.05) is 12.2 Å². The van der Waals surface area contributed by atoms with E-state index >= 15 is 0 Å². The minimum Gasteiger partial charge on any atom is -0.389 e. The summed E-state index contributed by atoms with van der Waals surface area (Å²) >= 11 is 0. The summed E-state index contributed by atoms with van der Waals surface area (Å²) in [6, 6.07) is 0. The molecule has 2 nitrogen and oxygen atoms in total. The van der Waals surface area contributed by atoms with Gasteiger partial charge in [-0.3, -0.25) is 0 Å². The number of carbonyl (C=O) groups is 1. The second kappa shape index (κ2) is 2.87. The van der Waals surface area contributed by atoms with Crippen LogP contribution in [0.1, 0.15) is 20.3 Å². The third-order valence-electron chi connectivity index (χ3n) is 2.45. The molecule has 0 aromatic rings. The maximum absolute atomic E-state index is 10.9. The highest BCUT2D eigenvalue weighted by Crippen LogP contribution is 2.36. The lowest BCUT2D eigenvalue weighted by atomic mass is 9.71. The van der Waals surface area contributed by atoms with E-state index in [-0.39, 0.29) is 0 Å². The van der Waals surface area contributed by atoms with Crippen LogP contribution in [0.4, 0.5) is 0 Å². The topological polar surface area (TPSA) is 37.3 Å². The molecule has 1 aliphatic rings. The molecule has 0 saturated carbocycles. The van der Waals surface area contributed by atoms with Crippen LogP contribution < -0.4 is 0 Å². The lowest BCUT2D eigenvalue weighted by Crippen LogP contribution is -2.43. The van der Waals surface area contributed by atoms with Crippen LogP contribution in [0.5, 0.6) is 0 Å². The second-order valence-electron chi connectivity index (χ2n) is 3.71. The summed E-state index contributed by atoms with van der Waals surface area (Å²) in [4.78, 5) is 10.9. The van der Waals surface area contributed by atoms with Crippen molar-refractivity contribution in [2.45, 2.75) is 25.9 Å². The Morgan fingerprint density at radius 1 is 1.50 bits per heavy atom. The fourth-order valence-electron chi connectivity index (χ4n) is 1.32. The quantitative estimate of drug-likeness (QED) is 0.630. The van der Waals surface area contributed by atoms with Gasteiger partial charge in [0.1, 0.15) is 6.29 Å². The first kappa shape index (κ1) is 9.20. The Bertz CT molecular complexity index is 233. The van der Waals surface area contributed by atoms with Crippen molar-refractivity contribution >= 4 is 6.29 Å². The van der Waals surface area contributed by atoms with E-state index in [2.05, 4.69) is 0 Å². The van der Waals surface area contributed by atoms with Crippen LogP contribution in [0.25, 0.3) is 0 Å². The summed E-state index contributed by atoms with van der Waals surface area (Å²) in [5.74, 6) is 0. The molecule has 0 saturated heterocycles. The summed E-state index contributed by atoms with van der Waals surface area (Å²) in [5.41, 5.74) is -1.72. The maximum Gasteiger partial charge on any atom is 0.133 e. The van der Waals surface area contributed by atoms with E-state index < -0.39 is 11.0 Å². The third-order valence-corrected chi connectivity index (χ3v) is 2.45. The first-order valence-corrected chi connectivity index (χ1v) is 4.05. The van der Waals surface area contributed by atoms with E-state index in [0.717, 1.165) is 6.29 Å². The standard InChI is InChI=1S/C10H14O2/c1-9(2,12)10(8-11)6-4-3-5-7-10/h3-6,8,12H,7H2,1-2H3. The highest BCUT2D eigenvalue weighted by molar-refractivity contribution is 5.66. The predicted molar refractivity (Wildman–Crippen MR) is 47.7 cm³/mol. The molecule has 1 atom stereocenters. The number of aliphatic hydroxyl groups is 1. The molecule has 1 rings (SSSR count). The van der Waals surface area contributed by atoms with Crippen molar-refractivity contribution in [1.29, 1.82) is 0 Å². The summed E-state index contributed by atoms with van der Waals surface area (Å²) in [5, 5.41) is 9.78. The smallest absolute Gasteiger partial charge is 0.133 e. The zero-order chi connectivity index (χ0) is 9.24. The Morgan fingerprint density at radius 3 is 2.42 bits per heavy atom. The molecule has 0 aromatic heterocycles. The molecule has 1 aliphatic carbocycles. The number of hydrogen-bond donors (Lipinski definition) is 1. The largest absolute Gasteiger partial charge is 0.389 e. The summed E-state index contributed by atoms with van der Waals surface area (Å²) in [6.45, 7) is 3.32. The number of hydrogen-bond acceptors (Lipinski definition) is 2. The Labute approximate surface area is 72.6 Å². The van der Waals surface area contributed by atoms with Gasteiger partial charge in [-0.2, -0.15) is 0 Å². The van der Waals surface area contributed by atoms with E-state index in [9.17, 15) is 9.90 Å². The number of allylic oxidation sites excluding steroid dienone is 3. The van der Waals surface area contributed by atoms with Gasteiger partial charge in [0.15, 0.2) is 0 Å². The van der Waals surface area contributed by atoms with Gasteiger partial charge in [0.05, 0.1) is 11.0 Å². The molecule has 1 N–H and O–H groups in total. The number of aldehydes is 1. The fourth-order valence-corrected chi connectivity index (χ4v) is 1.32. The van der Waals surface area contributed by atoms with Crippen LogP contribution in [0.3, 0.4) is 0 Å². The molecule has 0 fully saturated rings. The molecule has 12 heavy (non-hydrogen) atoms. The molecular formula is C10H14O2. The van der Waals surface area contributed by atoms with Crippen molar-refractivity contribution in [3.05, 3.63) is 24.3 Å². The highest BCUT2D eigenvalue weighted by atomic mass is 16.3. The SMILES string of the molecule is CC(C)(O)C1(C=O)C=CC=CC1. The molecule has 0 aromatic carbocycles. The van der Waals surface area contributed by atoms with Gasteiger partial charge in [0, 0.05) is 0 Å². The van der Waals surface area contributed by atoms with E-state index in [1.54, 1.807) is 26.0 Å². The van der Waals surface area contributed by atoms with Crippen LogP contribution in [0.15, 0.2) is 24.3 Å². The second-order valence-corrected chi connectivity index (χ2v) is 3.71. The summed E-state index contributed by atoms with van der Waals surface area (Å²) < 4.78 is 0. The van der Waals surface area contributed by atoms with E-state index in [4.69, 9.17) is 0 Å². The van der Waals surface area contributed by atoms with Crippen molar-refractivity contribution < 1.29 is 9.90 Å². The average molecular weight is 166 g/mol. The average Bonchev–Trinajstić information content (AvgIpc) is 2.04. The van der Waals surface area contributed by atoms with Crippen LogP contribution in [0.2, 0.25) is 0 Å². The Kier molecular flexibility index (Phi) is 2.20. The van der Waals surface area contributed by atoms with Gasteiger partial charge < -0.3 is 9.90 Å². The molecule has 1 unspecified atom stereocenters. The van der Waals surface area contributed by atoms with Crippen LogP contribution >= 0.6 is 0 Å². The minimum atomic E-state index is -0.990. The molecule has 66 valence electrons. The van der Waals surface area contributed by atoms with Crippen molar-refractivity contribution in [3.8, 4) is 0 Å². The summed E-state index contributed by atoms with van der Waals surface area (Å²) in [7, 11) is 0. The lowest BCUT2D eigenvalue weighted by molar-refractivity contribution is -0.125. The van der Waals surface area contributed by atoms with Crippen molar-refractivity contribution in [2.24, 2.45) is 5.41 Å². The molecule has 2 heteroatoms. The normalized spacial score (nSPS) is 28.9. The zero-order valence-corrected chi connectivity index (χ0v) is 7.45.